The number of rotatable bonds is 15. The van der Waals surface area contributed by atoms with Gasteiger partial charge in [0, 0.05) is 25.8 Å². The van der Waals surface area contributed by atoms with E-state index in [1.165, 1.54) is 4.90 Å². The maximum absolute atomic E-state index is 13.4. The Morgan fingerprint density at radius 3 is 2.33 bits per heavy atom. The molecule has 0 unspecified atom stereocenters. The van der Waals surface area contributed by atoms with Crippen LogP contribution in [0.4, 0.5) is 0 Å². The van der Waals surface area contributed by atoms with Crippen LogP contribution in [0.2, 0.25) is 0 Å². The van der Waals surface area contributed by atoms with Crippen LogP contribution in [0, 0.1) is 0 Å². The second kappa shape index (κ2) is 14.7. The van der Waals surface area contributed by atoms with Crippen molar-refractivity contribution in [2.75, 3.05) is 40.0 Å². The molecule has 0 spiro atoms. The zero-order chi connectivity index (χ0) is 25.6. The summed E-state index contributed by atoms with van der Waals surface area (Å²) in [6.07, 6.45) is 4.34. The van der Waals surface area contributed by atoms with E-state index < -0.39 is 0 Å². The van der Waals surface area contributed by atoms with Crippen molar-refractivity contribution in [2.45, 2.75) is 32.7 Å². The topological polar surface area (TPSA) is 72.2 Å². The minimum Gasteiger partial charge on any atom is -0.494 e. The van der Waals surface area contributed by atoms with Crippen molar-refractivity contribution in [1.82, 2.24) is 9.80 Å². The van der Waals surface area contributed by atoms with Gasteiger partial charge in [0.05, 0.1) is 26.0 Å². The number of furan rings is 1. The van der Waals surface area contributed by atoms with E-state index in [0.717, 1.165) is 24.2 Å². The number of unbranched alkanes of at least 4 members (excludes halogenated alkanes) is 1. The number of hydrogen-bond acceptors (Lipinski definition) is 5. The number of nitrogens with zero attached hydrogens (tertiary/aromatic N) is 2. The Morgan fingerprint density at radius 1 is 0.889 bits per heavy atom. The van der Waals surface area contributed by atoms with E-state index in [2.05, 4.69) is 6.92 Å². The highest BCUT2D eigenvalue weighted by Crippen LogP contribution is 2.15. The summed E-state index contributed by atoms with van der Waals surface area (Å²) in [5.74, 6) is 1.06. The molecule has 0 aliphatic carbocycles. The van der Waals surface area contributed by atoms with Crippen molar-refractivity contribution in [3.63, 3.8) is 0 Å². The van der Waals surface area contributed by atoms with Crippen LogP contribution in [0.25, 0.3) is 0 Å². The predicted octanol–water partition coefficient (Wildman–Crippen LogP) is 4.82. The molecule has 2 amide bonds. The summed E-state index contributed by atoms with van der Waals surface area (Å²) < 4.78 is 16.4. The van der Waals surface area contributed by atoms with Gasteiger partial charge in [-0.2, -0.15) is 0 Å². The number of methoxy groups -OCH3 is 1. The first kappa shape index (κ1) is 27.0. The number of carbonyl (C=O) groups excluding carboxylic acids is 2. The van der Waals surface area contributed by atoms with Crippen LogP contribution in [-0.4, -0.2) is 61.6 Å². The highest BCUT2D eigenvalue weighted by molar-refractivity contribution is 5.96. The van der Waals surface area contributed by atoms with Crippen molar-refractivity contribution in [2.24, 2.45) is 0 Å². The highest BCUT2D eigenvalue weighted by Gasteiger charge is 2.23. The van der Waals surface area contributed by atoms with Crippen LogP contribution in [0.3, 0.4) is 0 Å². The largest absolute Gasteiger partial charge is 0.494 e. The Hall–Kier alpha value is -3.58. The van der Waals surface area contributed by atoms with Crippen molar-refractivity contribution >= 4 is 11.8 Å². The molecule has 0 radical (unpaired) electrons. The first-order chi connectivity index (χ1) is 17.6. The van der Waals surface area contributed by atoms with E-state index in [4.69, 9.17) is 13.9 Å². The molecule has 0 fully saturated rings. The van der Waals surface area contributed by atoms with Crippen molar-refractivity contribution in [3.8, 4) is 5.75 Å². The average molecular weight is 493 g/mol. The molecule has 3 aromatic rings. The van der Waals surface area contributed by atoms with Gasteiger partial charge in [-0.05, 0) is 54.8 Å². The van der Waals surface area contributed by atoms with Gasteiger partial charge < -0.3 is 23.7 Å². The molecule has 7 heteroatoms. The molecule has 0 atom stereocenters. The SMILES string of the molecule is CCCCOc1ccc(C(=O)N(CCOC)CC(=O)N(CCc2ccccc2)Cc2ccco2)cc1. The van der Waals surface area contributed by atoms with Crippen LogP contribution in [-0.2, 0) is 22.5 Å². The molecule has 0 N–H and O–H groups in total. The molecule has 1 heterocycles. The van der Waals surface area contributed by atoms with E-state index in [1.54, 1.807) is 48.6 Å². The number of hydrogen-bond donors (Lipinski definition) is 0. The normalized spacial score (nSPS) is 10.7. The molecule has 36 heavy (non-hydrogen) atoms. The van der Waals surface area contributed by atoms with Crippen LogP contribution in [0.15, 0.2) is 77.4 Å². The zero-order valence-electron chi connectivity index (χ0n) is 21.2. The Kier molecular flexibility index (Phi) is 11.1. The quantitative estimate of drug-likeness (QED) is 0.285. The maximum atomic E-state index is 13.4. The maximum Gasteiger partial charge on any atom is 0.254 e. The van der Waals surface area contributed by atoms with Crippen LogP contribution in [0.1, 0.15) is 41.4 Å². The van der Waals surface area contributed by atoms with E-state index in [0.29, 0.717) is 50.6 Å². The number of amides is 2. The minimum atomic E-state index is -0.221. The number of carbonyl (C=O) groups is 2. The third-order valence-corrected chi connectivity index (χ3v) is 5.84. The van der Waals surface area contributed by atoms with Crippen molar-refractivity contribution in [3.05, 3.63) is 89.9 Å². The van der Waals surface area contributed by atoms with Gasteiger partial charge in [0.2, 0.25) is 5.91 Å². The van der Waals surface area contributed by atoms with Gasteiger partial charge in [-0.3, -0.25) is 9.59 Å². The number of ether oxygens (including phenoxy) is 2. The summed E-state index contributed by atoms with van der Waals surface area (Å²) in [6, 6.07) is 20.7. The van der Waals surface area contributed by atoms with Crippen LogP contribution in [0.5, 0.6) is 5.75 Å². The third-order valence-electron chi connectivity index (χ3n) is 5.84. The summed E-state index contributed by atoms with van der Waals surface area (Å²) in [4.78, 5) is 30.0. The summed E-state index contributed by atoms with van der Waals surface area (Å²) in [6.45, 7) is 4.20. The summed E-state index contributed by atoms with van der Waals surface area (Å²) >= 11 is 0. The van der Waals surface area contributed by atoms with Crippen molar-refractivity contribution in [1.29, 1.82) is 0 Å². The van der Waals surface area contributed by atoms with Gasteiger partial charge in [0.1, 0.15) is 18.1 Å². The Morgan fingerprint density at radius 2 is 1.67 bits per heavy atom. The summed E-state index contributed by atoms with van der Waals surface area (Å²) in [5, 5.41) is 0. The molecule has 0 saturated heterocycles. The molecular formula is C29H36N2O5. The second-order valence-corrected chi connectivity index (χ2v) is 8.58. The lowest BCUT2D eigenvalue weighted by Crippen LogP contribution is -2.44. The lowest BCUT2D eigenvalue weighted by Gasteiger charge is -2.27. The molecule has 1 aromatic heterocycles. The second-order valence-electron chi connectivity index (χ2n) is 8.58. The van der Waals surface area contributed by atoms with Crippen molar-refractivity contribution < 1.29 is 23.5 Å². The van der Waals surface area contributed by atoms with Gasteiger partial charge in [-0.25, -0.2) is 0 Å². The molecular weight excluding hydrogens is 456 g/mol. The molecule has 7 nitrogen and oxygen atoms in total. The predicted molar refractivity (Wildman–Crippen MR) is 139 cm³/mol. The van der Waals surface area contributed by atoms with Gasteiger partial charge >= 0.3 is 0 Å². The monoisotopic (exact) mass is 492 g/mol. The first-order valence-corrected chi connectivity index (χ1v) is 12.5. The van der Waals surface area contributed by atoms with Gasteiger partial charge in [0.25, 0.3) is 5.91 Å². The minimum absolute atomic E-state index is 0.0492. The summed E-state index contributed by atoms with van der Waals surface area (Å²) in [7, 11) is 1.58. The summed E-state index contributed by atoms with van der Waals surface area (Å²) in [5.41, 5.74) is 1.65. The highest BCUT2D eigenvalue weighted by atomic mass is 16.5. The van der Waals surface area contributed by atoms with E-state index >= 15 is 0 Å². The number of benzene rings is 2. The fraction of sp³-hybridized carbons (Fsp3) is 0.379. The van der Waals surface area contributed by atoms with Gasteiger partial charge in [-0.1, -0.05) is 43.7 Å². The molecule has 0 bridgehead atoms. The third kappa shape index (κ3) is 8.57. The van der Waals surface area contributed by atoms with E-state index in [9.17, 15) is 9.59 Å². The molecule has 3 rings (SSSR count). The fourth-order valence-corrected chi connectivity index (χ4v) is 3.72. The zero-order valence-corrected chi connectivity index (χ0v) is 21.2. The molecule has 2 aromatic carbocycles. The lowest BCUT2D eigenvalue weighted by atomic mass is 10.1. The Balaban J connectivity index is 1.69. The van der Waals surface area contributed by atoms with E-state index in [-0.39, 0.29) is 18.4 Å². The van der Waals surface area contributed by atoms with Crippen LogP contribution < -0.4 is 4.74 Å². The standard InChI is InChI=1S/C29H36N2O5/c1-3-4-19-35-26-14-12-25(13-15-26)29(33)31(18-21-34-2)23-28(32)30(22-27-11-8-20-36-27)17-16-24-9-6-5-7-10-24/h5-15,20H,3-4,16-19,21-23H2,1-2H3. The van der Waals surface area contributed by atoms with Crippen LogP contribution >= 0.6 is 0 Å². The Labute approximate surface area is 213 Å². The van der Waals surface area contributed by atoms with E-state index in [1.807, 2.05) is 36.4 Å². The Bertz CT molecular complexity index is 1040. The molecule has 0 aliphatic rings. The molecule has 0 aliphatic heterocycles. The molecule has 192 valence electrons. The fourth-order valence-electron chi connectivity index (χ4n) is 3.72. The van der Waals surface area contributed by atoms with Gasteiger partial charge in [0.15, 0.2) is 0 Å². The molecule has 0 saturated carbocycles. The average Bonchev–Trinajstić information content (AvgIpc) is 3.43. The van der Waals surface area contributed by atoms with Gasteiger partial charge in [-0.15, -0.1) is 0 Å². The first-order valence-electron chi connectivity index (χ1n) is 12.5. The lowest BCUT2D eigenvalue weighted by molar-refractivity contribution is -0.132. The smallest absolute Gasteiger partial charge is 0.254 e.